The molecule has 0 aromatic heterocycles. The number of methoxy groups -OCH3 is 3. The number of carbonyl (C=O) groups excluding carboxylic acids is 1. The molecule has 4 nitrogen and oxygen atoms in total. The highest BCUT2D eigenvalue weighted by atomic mass is 16.5. The average Bonchev–Trinajstić information content (AvgIpc) is 2.35. The minimum Gasteiger partial charge on any atom is -0.497 e. The Labute approximate surface area is 94.4 Å². The summed E-state index contributed by atoms with van der Waals surface area (Å²) in [5.74, 6) is 0.955. The van der Waals surface area contributed by atoms with Gasteiger partial charge in [0.25, 0.3) is 0 Å². The summed E-state index contributed by atoms with van der Waals surface area (Å²) >= 11 is 0. The van der Waals surface area contributed by atoms with E-state index in [2.05, 4.69) is 4.74 Å². The van der Waals surface area contributed by atoms with E-state index in [1.54, 1.807) is 38.5 Å². The molecule has 4 heteroatoms. The van der Waals surface area contributed by atoms with Crippen molar-refractivity contribution in [2.24, 2.45) is 0 Å². The first-order valence-electron chi connectivity index (χ1n) is 4.69. The van der Waals surface area contributed by atoms with Gasteiger partial charge in [-0.05, 0) is 24.3 Å². The molecular formula is C12H14O4. The van der Waals surface area contributed by atoms with Crippen molar-refractivity contribution in [1.29, 1.82) is 0 Å². The van der Waals surface area contributed by atoms with Crippen molar-refractivity contribution in [3.8, 4) is 11.5 Å². The topological polar surface area (TPSA) is 44.8 Å². The molecule has 0 heterocycles. The molecule has 1 aromatic rings. The number of carbonyl (C=O) groups is 1. The van der Waals surface area contributed by atoms with E-state index in [-0.39, 0.29) is 0 Å². The molecule has 0 aliphatic heterocycles. The van der Waals surface area contributed by atoms with Crippen LogP contribution in [0.15, 0.2) is 24.3 Å². The van der Waals surface area contributed by atoms with E-state index in [1.165, 1.54) is 13.2 Å². The Balaban J connectivity index is 2.99. The molecule has 0 unspecified atom stereocenters. The zero-order valence-electron chi connectivity index (χ0n) is 9.52. The van der Waals surface area contributed by atoms with Gasteiger partial charge < -0.3 is 14.2 Å². The van der Waals surface area contributed by atoms with Crippen molar-refractivity contribution < 1.29 is 19.0 Å². The first-order valence-corrected chi connectivity index (χ1v) is 4.69. The maximum atomic E-state index is 11.0. The van der Waals surface area contributed by atoms with Crippen molar-refractivity contribution in [2.75, 3.05) is 21.3 Å². The molecule has 1 rings (SSSR count). The third kappa shape index (κ3) is 3.02. The summed E-state index contributed by atoms with van der Waals surface area (Å²) in [5.41, 5.74) is 0.757. The van der Waals surface area contributed by atoms with Gasteiger partial charge in [0, 0.05) is 11.6 Å². The molecule has 0 atom stereocenters. The molecule has 0 aliphatic rings. The quantitative estimate of drug-likeness (QED) is 0.576. The van der Waals surface area contributed by atoms with Crippen LogP contribution in [0, 0.1) is 0 Å². The first kappa shape index (κ1) is 12.1. The van der Waals surface area contributed by atoms with Crippen LogP contribution >= 0.6 is 0 Å². The molecule has 0 saturated carbocycles. The molecule has 86 valence electrons. The monoisotopic (exact) mass is 222 g/mol. The highest BCUT2D eigenvalue weighted by molar-refractivity contribution is 5.87. The Bertz CT molecular complexity index is 396. The Hall–Kier alpha value is -1.97. The van der Waals surface area contributed by atoms with E-state index in [0.29, 0.717) is 11.5 Å². The smallest absolute Gasteiger partial charge is 0.330 e. The average molecular weight is 222 g/mol. The number of benzene rings is 1. The SMILES string of the molecule is COC(=O)/C=C/c1cc(OC)ccc1OC. The Morgan fingerprint density at radius 2 is 1.94 bits per heavy atom. The second-order valence-corrected chi connectivity index (χ2v) is 2.96. The number of esters is 1. The molecule has 0 radical (unpaired) electrons. The van der Waals surface area contributed by atoms with Gasteiger partial charge in [-0.1, -0.05) is 0 Å². The fourth-order valence-electron chi connectivity index (χ4n) is 1.20. The summed E-state index contributed by atoms with van der Waals surface area (Å²) in [7, 11) is 4.47. The van der Waals surface area contributed by atoms with Crippen molar-refractivity contribution in [1.82, 2.24) is 0 Å². The second kappa shape index (κ2) is 5.80. The van der Waals surface area contributed by atoms with Crippen LogP contribution in [-0.2, 0) is 9.53 Å². The maximum Gasteiger partial charge on any atom is 0.330 e. The first-order chi connectivity index (χ1) is 7.71. The third-order valence-electron chi connectivity index (χ3n) is 2.04. The number of hydrogen-bond donors (Lipinski definition) is 0. The van der Waals surface area contributed by atoms with Crippen LogP contribution in [0.25, 0.3) is 6.08 Å². The summed E-state index contributed by atoms with van der Waals surface area (Å²) in [5, 5.41) is 0. The van der Waals surface area contributed by atoms with Gasteiger partial charge in [-0.15, -0.1) is 0 Å². The zero-order chi connectivity index (χ0) is 12.0. The van der Waals surface area contributed by atoms with Gasteiger partial charge in [-0.2, -0.15) is 0 Å². The van der Waals surface area contributed by atoms with Crippen LogP contribution in [0.5, 0.6) is 11.5 Å². The van der Waals surface area contributed by atoms with E-state index in [4.69, 9.17) is 9.47 Å². The van der Waals surface area contributed by atoms with Crippen LogP contribution in [0.4, 0.5) is 0 Å². The van der Waals surface area contributed by atoms with Crippen molar-refractivity contribution in [3.63, 3.8) is 0 Å². The molecule has 0 bridgehead atoms. The number of rotatable bonds is 4. The fourth-order valence-corrected chi connectivity index (χ4v) is 1.20. The van der Waals surface area contributed by atoms with Crippen LogP contribution in [0.1, 0.15) is 5.56 Å². The Morgan fingerprint density at radius 1 is 1.19 bits per heavy atom. The molecule has 0 N–H and O–H groups in total. The van der Waals surface area contributed by atoms with E-state index in [1.807, 2.05) is 0 Å². The highest BCUT2D eigenvalue weighted by Crippen LogP contribution is 2.24. The van der Waals surface area contributed by atoms with Crippen LogP contribution < -0.4 is 9.47 Å². The third-order valence-corrected chi connectivity index (χ3v) is 2.04. The molecule has 0 saturated heterocycles. The number of ether oxygens (including phenoxy) is 3. The molecule has 0 aliphatic carbocycles. The van der Waals surface area contributed by atoms with E-state index in [0.717, 1.165) is 5.56 Å². The molecule has 16 heavy (non-hydrogen) atoms. The zero-order valence-corrected chi connectivity index (χ0v) is 9.52. The lowest BCUT2D eigenvalue weighted by Crippen LogP contribution is -1.94. The molecule has 0 fully saturated rings. The van der Waals surface area contributed by atoms with E-state index >= 15 is 0 Å². The van der Waals surface area contributed by atoms with E-state index in [9.17, 15) is 4.79 Å². The van der Waals surface area contributed by atoms with Crippen molar-refractivity contribution in [3.05, 3.63) is 29.8 Å². The Kier molecular flexibility index (Phi) is 4.39. The molecule has 1 aromatic carbocycles. The fraction of sp³-hybridized carbons (Fsp3) is 0.250. The minimum atomic E-state index is -0.412. The second-order valence-electron chi connectivity index (χ2n) is 2.96. The van der Waals surface area contributed by atoms with Crippen LogP contribution in [-0.4, -0.2) is 27.3 Å². The maximum absolute atomic E-state index is 11.0. The van der Waals surface area contributed by atoms with Crippen LogP contribution in [0.2, 0.25) is 0 Å². The largest absolute Gasteiger partial charge is 0.497 e. The predicted molar refractivity (Wildman–Crippen MR) is 60.6 cm³/mol. The summed E-state index contributed by atoms with van der Waals surface area (Å²) < 4.78 is 14.7. The lowest BCUT2D eigenvalue weighted by molar-refractivity contribution is -0.134. The Morgan fingerprint density at radius 3 is 2.50 bits per heavy atom. The van der Waals surface area contributed by atoms with E-state index < -0.39 is 5.97 Å². The molecule has 0 amide bonds. The molecule has 0 spiro atoms. The standard InChI is InChI=1S/C12H14O4/c1-14-10-5-6-11(15-2)9(8-10)4-7-12(13)16-3/h4-8H,1-3H3/b7-4+. The van der Waals surface area contributed by atoms with Gasteiger partial charge in [0.1, 0.15) is 11.5 Å². The summed E-state index contributed by atoms with van der Waals surface area (Å²) in [6.07, 6.45) is 2.95. The van der Waals surface area contributed by atoms with Gasteiger partial charge >= 0.3 is 5.97 Å². The van der Waals surface area contributed by atoms with Crippen molar-refractivity contribution >= 4 is 12.0 Å². The summed E-state index contributed by atoms with van der Waals surface area (Å²) in [4.78, 5) is 11.0. The normalized spacial score (nSPS) is 10.2. The van der Waals surface area contributed by atoms with Gasteiger partial charge in [-0.3, -0.25) is 0 Å². The molecular weight excluding hydrogens is 208 g/mol. The summed E-state index contributed by atoms with van der Waals surface area (Å²) in [6.45, 7) is 0. The minimum absolute atomic E-state index is 0.412. The van der Waals surface area contributed by atoms with Gasteiger partial charge in [-0.25, -0.2) is 4.79 Å². The van der Waals surface area contributed by atoms with Gasteiger partial charge in [0.15, 0.2) is 0 Å². The number of hydrogen-bond acceptors (Lipinski definition) is 4. The summed E-state index contributed by atoms with van der Waals surface area (Å²) in [6, 6.07) is 5.34. The van der Waals surface area contributed by atoms with Gasteiger partial charge in [0.2, 0.25) is 0 Å². The highest BCUT2D eigenvalue weighted by Gasteiger charge is 2.02. The van der Waals surface area contributed by atoms with Crippen LogP contribution in [0.3, 0.4) is 0 Å². The van der Waals surface area contributed by atoms with Crippen molar-refractivity contribution in [2.45, 2.75) is 0 Å². The lowest BCUT2D eigenvalue weighted by Gasteiger charge is -2.06. The van der Waals surface area contributed by atoms with Gasteiger partial charge in [0.05, 0.1) is 21.3 Å². The lowest BCUT2D eigenvalue weighted by atomic mass is 10.1. The predicted octanol–water partition coefficient (Wildman–Crippen LogP) is 1.89.